The topological polar surface area (TPSA) is 74.7 Å². The largest absolute Gasteiger partial charge is 0.354 e. The Labute approximate surface area is 181 Å². The van der Waals surface area contributed by atoms with Crippen molar-refractivity contribution in [3.8, 4) is 0 Å². The first kappa shape index (κ1) is 21.2. The predicted octanol–water partition coefficient (Wildman–Crippen LogP) is 3.91. The lowest BCUT2D eigenvalue weighted by Gasteiger charge is -2.36. The van der Waals surface area contributed by atoms with Crippen molar-refractivity contribution < 1.29 is 14.0 Å². The van der Waals surface area contributed by atoms with E-state index in [1.54, 1.807) is 6.20 Å². The summed E-state index contributed by atoms with van der Waals surface area (Å²) in [6.07, 6.45) is 7.40. The van der Waals surface area contributed by atoms with Crippen LogP contribution in [0.15, 0.2) is 47.7 Å². The molecule has 0 radical (unpaired) electrons. The van der Waals surface area contributed by atoms with E-state index in [0.717, 1.165) is 36.9 Å². The highest BCUT2D eigenvalue weighted by Gasteiger charge is 2.36. The number of carbonyl (C=O) groups is 2. The van der Waals surface area contributed by atoms with Gasteiger partial charge in [0.15, 0.2) is 0 Å². The Morgan fingerprint density at radius 3 is 2.52 bits per heavy atom. The van der Waals surface area contributed by atoms with Gasteiger partial charge in [-0.05, 0) is 69.9 Å². The molecular weight excluding hydrogens is 395 g/mol. The van der Waals surface area contributed by atoms with Crippen molar-refractivity contribution in [3.63, 3.8) is 0 Å². The molecule has 6 nitrogen and oxygen atoms in total. The molecule has 2 heterocycles. The SMILES string of the molecule is CC(C)NC(=O)C1CCC(N2C(=NC(=O)c3ccc(F)cc3)Cc3cnccc32)CC1. The van der Waals surface area contributed by atoms with Crippen LogP contribution < -0.4 is 10.2 Å². The minimum absolute atomic E-state index is 0.0272. The van der Waals surface area contributed by atoms with E-state index in [4.69, 9.17) is 0 Å². The van der Waals surface area contributed by atoms with Gasteiger partial charge in [0.05, 0.1) is 0 Å². The van der Waals surface area contributed by atoms with Gasteiger partial charge in [0.2, 0.25) is 5.91 Å². The maximum atomic E-state index is 13.2. The highest BCUT2D eigenvalue weighted by atomic mass is 19.1. The minimum atomic E-state index is -0.386. The van der Waals surface area contributed by atoms with Gasteiger partial charge in [-0.1, -0.05) is 0 Å². The molecule has 2 aromatic rings. The standard InChI is InChI=1S/C24H27FN4O2/c1-15(2)27-23(30)17-5-9-20(10-6-17)29-21-11-12-26-14-18(21)13-22(29)28-24(31)16-3-7-19(25)8-4-16/h3-4,7-8,11-12,14-15,17,20H,5-6,9-10,13H2,1-2H3,(H,27,30). The van der Waals surface area contributed by atoms with E-state index in [1.165, 1.54) is 24.3 Å². The number of anilines is 1. The summed E-state index contributed by atoms with van der Waals surface area (Å²) in [5.74, 6) is 0.0702. The monoisotopic (exact) mass is 422 g/mol. The van der Waals surface area contributed by atoms with Crippen molar-refractivity contribution in [1.29, 1.82) is 0 Å². The van der Waals surface area contributed by atoms with Gasteiger partial charge >= 0.3 is 0 Å². The van der Waals surface area contributed by atoms with Crippen molar-refractivity contribution in [2.24, 2.45) is 10.9 Å². The molecule has 0 unspecified atom stereocenters. The van der Waals surface area contributed by atoms with Crippen LogP contribution in [-0.2, 0) is 11.2 Å². The summed E-state index contributed by atoms with van der Waals surface area (Å²) in [5, 5.41) is 3.01. The second kappa shape index (κ2) is 8.96. The van der Waals surface area contributed by atoms with Crippen LogP contribution in [0.5, 0.6) is 0 Å². The van der Waals surface area contributed by atoms with Crippen molar-refractivity contribution in [1.82, 2.24) is 10.3 Å². The van der Waals surface area contributed by atoms with E-state index >= 15 is 0 Å². The summed E-state index contributed by atoms with van der Waals surface area (Å²) in [4.78, 5) is 35.9. The van der Waals surface area contributed by atoms with Crippen LogP contribution in [0.4, 0.5) is 10.1 Å². The molecule has 7 heteroatoms. The van der Waals surface area contributed by atoms with E-state index in [0.29, 0.717) is 17.8 Å². The lowest BCUT2D eigenvalue weighted by Crippen LogP contribution is -2.44. The molecule has 1 fully saturated rings. The third-order valence-electron chi connectivity index (χ3n) is 5.95. The molecular formula is C24H27FN4O2. The van der Waals surface area contributed by atoms with E-state index in [9.17, 15) is 14.0 Å². The highest BCUT2D eigenvalue weighted by Crippen LogP contribution is 2.36. The number of pyridine rings is 1. The van der Waals surface area contributed by atoms with Crippen molar-refractivity contribution in [2.75, 3.05) is 4.90 Å². The lowest BCUT2D eigenvalue weighted by atomic mass is 9.84. The van der Waals surface area contributed by atoms with Gasteiger partial charge in [-0.2, -0.15) is 4.99 Å². The Morgan fingerprint density at radius 2 is 1.84 bits per heavy atom. The fourth-order valence-corrected chi connectivity index (χ4v) is 4.46. The van der Waals surface area contributed by atoms with Crippen LogP contribution in [0.3, 0.4) is 0 Å². The minimum Gasteiger partial charge on any atom is -0.354 e. The molecule has 1 saturated carbocycles. The van der Waals surface area contributed by atoms with Crippen molar-refractivity contribution in [3.05, 3.63) is 59.7 Å². The number of carbonyl (C=O) groups excluding carboxylic acids is 2. The quantitative estimate of drug-likeness (QED) is 0.811. The van der Waals surface area contributed by atoms with Crippen LogP contribution in [0.25, 0.3) is 0 Å². The zero-order chi connectivity index (χ0) is 22.0. The first-order valence-corrected chi connectivity index (χ1v) is 10.8. The number of amidine groups is 1. The van der Waals surface area contributed by atoms with Gasteiger partial charge in [0.1, 0.15) is 11.7 Å². The number of rotatable bonds is 4. The summed E-state index contributed by atoms with van der Waals surface area (Å²) >= 11 is 0. The Hall–Kier alpha value is -3.09. The molecule has 2 amide bonds. The molecule has 1 aromatic carbocycles. The third kappa shape index (κ3) is 4.65. The number of amides is 2. The number of benzene rings is 1. The van der Waals surface area contributed by atoms with Crippen molar-refractivity contribution >= 4 is 23.3 Å². The van der Waals surface area contributed by atoms with Crippen LogP contribution in [-0.4, -0.2) is 34.7 Å². The summed E-state index contributed by atoms with van der Waals surface area (Å²) < 4.78 is 13.2. The molecule has 2 aliphatic rings. The Bertz CT molecular complexity index is 995. The number of aromatic nitrogens is 1. The number of nitrogens with zero attached hydrogens (tertiary/aromatic N) is 3. The maximum Gasteiger partial charge on any atom is 0.278 e. The van der Waals surface area contributed by atoms with Gasteiger partial charge < -0.3 is 10.2 Å². The smallest absolute Gasteiger partial charge is 0.278 e. The van der Waals surface area contributed by atoms with Crippen LogP contribution in [0, 0.1) is 11.7 Å². The average Bonchev–Trinajstić information content (AvgIpc) is 3.11. The maximum absolute atomic E-state index is 13.2. The zero-order valence-electron chi connectivity index (χ0n) is 17.8. The van der Waals surface area contributed by atoms with Crippen LogP contribution >= 0.6 is 0 Å². The fourth-order valence-electron chi connectivity index (χ4n) is 4.46. The van der Waals surface area contributed by atoms with E-state index in [1.807, 2.05) is 26.1 Å². The van der Waals surface area contributed by atoms with Gasteiger partial charge in [0.25, 0.3) is 5.91 Å². The molecule has 0 bridgehead atoms. The molecule has 162 valence electrons. The Balaban J connectivity index is 1.54. The molecule has 0 spiro atoms. The first-order valence-electron chi connectivity index (χ1n) is 10.8. The fraction of sp³-hybridized carbons (Fsp3) is 0.417. The average molecular weight is 423 g/mol. The third-order valence-corrected chi connectivity index (χ3v) is 5.95. The molecule has 1 aliphatic heterocycles. The summed E-state index contributed by atoms with van der Waals surface area (Å²) in [7, 11) is 0. The molecule has 4 rings (SSSR count). The van der Waals surface area contributed by atoms with E-state index in [-0.39, 0.29) is 35.6 Å². The van der Waals surface area contributed by atoms with Crippen LogP contribution in [0.2, 0.25) is 0 Å². The first-order chi connectivity index (χ1) is 14.9. The summed E-state index contributed by atoms with van der Waals surface area (Å²) in [6.45, 7) is 3.94. The number of nitrogens with one attached hydrogen (secondary N) is 1. The summed E-state index contributed by atoms with van der Waals surface area (Å²) in [5.41, 5.74) is 2.42. The van der Waals surface area contributed by atoms with E-state index < -0.39 is 0 Å². The predicted molar refractivity (Wildman–Crippen MR) is 118 cm³/mol. The number of hydrogen-bond donors (Lipinski definition) is 1. The number of fused-ring (bicyclic) bond motifs is 1. The Morgan fingerprint density at radius 1 is 1.13 bits per heavy atom. The molecule has 0 atom stereocenters. The van der Waals surface area contributed by atoms with Gasteiger partial charge in [0, 0.05) is 53.6 Å². The van der Waals surface area contributed by atoms with Gasteiger partial charge in [-0.25, -0.2) is 4.39 Å². The zero-order valence-corrected chi connectivity index (χ0v) is 17.8. The van der Waals surface area contributed by atoms with E-state index in [2.05, 4.69) is 20.2 Å². The normalized spacial score (nSPS) is 21.9. The number of halogens is 1. The molecule has 1 aliphatic carbocycles. The lowest BCUT2D eigenvalue weighted by molar-refractivity contribution is -0.126. The second-order valence-corrected chi connectivity index (χ2v) is 8.56. The number of aliphatic imine (C=N–C) groups is 1. The molecule has 1 aromatic heterocycles. The molecule has 0 saturated heterocycles. The Kier molecular flexibility index (Phi) is 6.11. The second-order valence-electron chi connectivity index (χ2n) is 8.56. The van der Waals surface area contributed by atoms with Gasteiger partial charge in [-0.3, -0.25) is 14.6 Å². The molecule has 31 heavy (non-hydrogen) atoms. The van der Waals surface area contributed by atoms with Crippen LogP contribution in [0.1, 0.15) is 55.5 Å². The van der Waals surface area contributed by atoms with Crippen molar-refractivity contribution in [2.45, 2.75) is 58.0 Å². The summed E-state index contributed by atoms with van der Waals surface area (Å²) in [6, 6.07) is 7.70. The molecule has 1 N–H and O–H groups in total. The van der Waals surface area contributed by atoms with Gasteiger partial charge in [-0.15, -0.1) is 0 Å². The number of hydrogen-bond acceptors (Lipinski definition) is 3. The highest BCUT2D eigenvalue weighted by molar-refractivity contribution is 6.12.